The number of carbonyl (C=O) groups excluding carboxylic acids is 2. The van der Waals surface area contributed by atoms with E-state index in [1.807, 2.05) is 30.5 Å². The van der Waals surface area contributed by atoms with Crippen LogP contribution in [0.2, 0.25) is 0 Å². The SMILES string of the molecule is CNC(=O)CCc1nc2ccccc2n(CC(=O)Nc2cccc(SC)c2)c1=O. The Labute approximate surface area is 172 Å². The standard InChI is InChI=1S/C21H22N4O3S/c1-22-19(26)11-10-17-21(28)25(18-9-4-3-8-16(18)24-17)13-20(27)23-14-6-5-7-15(12-14)29-2/h3-9,12H,10-11,13H2,1-2H3,(H,22,26)(H,23,27). The summed E-state index contributed by atoms with van der Waals surface area (Å²) in [5, 5.41) is 5.37. The summed E-state index contributed by atoms with van der Waals surface area (Å²) in [4.78, 5) is 42.6. The second-order valence-electron chi connectivity index (χ2n) is 6.39. The Hall–Kier alpha value is -3.13. The number of benzene rings is 2. The van der Waals surface area contributed by atoms with Gasteiger partial charge in [-0.15, -0.1) is 11.8 Å². The van der Waals surface area contributed by atoms with Crippen molar-refractivity contribution in [1.29, 1.82) is 0 Å². The van der Waals surface area contributed by atoms with E-state index < -0.39 is 0 Å². The van der Waals surface area contributed by atoms with E-state index in [9.17, 15) is 14.4 Å². The lowest BCUT2D eigenvalue weighted by molar-refractivity contribution is -0.120. The van der Waals surface area contributed by atoms with E-state index in [0.29, 0.717) is 16.7 Å². The van der Waals surface area contributed by atoms with Crippen molar-refractivity contribution in [3.05, 3.63) is 64.6 Å². The molecule has 7 nitrogen and oxygen atoms in total. The van der Waals surface area contributed by atoms with Crippen molar-refractivity contribution in [2.45, 2.75) is 24.3 Å². The van der Waals surface area contributed by atoms with Crippen molar-refractivity contribution < 1.29 is 9.59 Å². The first-order chi connectivity index (χ1) is 14.0. The number of nitrogens with one attached hydrogen (secondary N) is 2. The van der Waals surface area contributed by atoms with Crippen LogP contribution in [-0.4, -0.2) is 34.7 Å². The van der Waals surface area contributed by atoms with Gasteiger partial charge in [-0.05, 0) is 36.6 Å². The molecule has 2 aromatic carbocycles. The monoisotopic (exact) mass is 410 g/mol. The number of para-hydroxylation sites is 2. The summed E-state index contributed by atoms with van der Waals surface area (Å²) in [6.07, 6.45) is 2.33. The molecule has 1 heterocycles. The summed E-state index contributed by atoms with van der Waals surface area (Å²) >= 11 is 1.58. The Morgan fingerprint density at radius 1 is 1.10 bits per heavy atom. The quantitative estimate of drug-likeness (QED) is 0.584. The summed E-state index contributed by atoms with van der Waals surface area (Å²) in [5.74, 6) is -0.476. The summed E-state index contributed by atoms with van der Waals surface area (Å²) in [6, 6.07) is 14.7. The van der Waals surface area contributed by atoms with Gasteiger partial charge in [-0.25, -0.2) is 4.98 Å². The third-order valence-corrected chi connectivity index (χ3v) is 5.17. The third-order valence-electron chi connectivity index (χ3n) is 4.44. The van der Waals surface area contributed by atoms with Crippen LogP contribution in [-0.2, 0) is 22.6 Å². The maximum Gasteiger partial charge on any atom is 0.273 e. The third kappa shape index (κ3) is 5.03. The molecule has 29 heavy (non-hydrogen) atoms. The summed E-state index contributed by atoms with van der Waals surface area (Å²) in [7, 11) is 1.55. The molecule has 0 atom stereocenters. The lowest BCUT2D eigenvalue weighted by atomic mass is 10.2. The molecule has 0 aliphatic rings. The van der Waals surface area contributed by atoms with E-state index in [2.05, 4.69) is 15.6 Å². The van der Waals surface area contributed by atoms with Crippen LogP contribution < -0.4 is 16.2 Å². The van der Waals surface area contributed by atoms with E-state index in [4.69, 9.17) is 0 Å². The molecule has 3 rings (SSSR count). The van der Waals surface area contributed by atoms with Crippen LogP contribution in [0.1, 0.15) is 12.1 Å². The molecule has 2 N–H and O–H groups in total. The number of amides is 2. The minimum Gasteiger partial charge on any atom is -0.359 e. The molecule has 0 fully saturated rings. The highest BCUT2D eigenvalue weighted by Crippen LogP contribution is 2.19. The highest BCUT2D eigenvalue weighted by Gasteiger charge is 2.15. The van der Waals surface area contributed by atoms with Crippen molar-refractivity contribution in [3.8, 4) is 0 Å². The van der Waals surface area contributed by atoms with Gasteiger partial charge in [-0.2, -0.15) is 0 Å². The minimum absolute atomic E-state index is 0.141. The number of anilines is 1. The Kier molecular flexibility index (Phi) is 6.66. The Bertz CT molecular complexity index is 1110. The highest BCUT2D eigenvalue weighted by molar-refractivity contribution is 7.98. The van der Waals surface area contributed by atoms with Crippen LogP contribution in [0.5, 0.6) is 0 Å². The average molecular weight is 410 g/mol. The van der Waals surface area contributed by atoms with Gasteiger partial charge in [0.25, 0.3) is 5.56 Å². The number of hydrogen-bond acceptors (Lipinski definition) is 5. The molecular weight excluding hydrogens is 388 g/mol. The van der Waals surface area contributed by atoms with Crippen molar-refractivity contribution in [1.82, 2.24) is 14.9 Å². The van der Waals surface area contributed by atoms with E-state index in [-0.39, 0.29) is 42.5 Å². The number of fused-ring (bicyclic) bond motifs is 1. The van der Waals surface area contributed by atoms with Gasteiger partial charge in [0.1, 0.15) is 12.2 Å². The van der Waals surface area contributed by atoms with Crippen LogP contribution in [0.25, 0.3) is 11.0 Å². The largest absolute Gasteiger partial charge is 0.359 e. The molecule has 0 aliphatic carbocycles. The number of nitrogens with zero attached hydrogens (tertiary/aromatic N) is 2. The van der Waals surface area contributed by atoms with Crippen molar-refractivity contribution >= 4 is 40.3 Å². The molecule has 0 bridgehead atoms. The van der Waals surface area contributed by atoms with Crippen LogP contribution in [0.3, 0.4) is 0 Å². The van der Waals surface area contributed by atoms with Crippen molar-refractivity contribution in [2.75, 3.05) is 18.6 Å². The van der Waals surface area contributed by atoms with Gasteiger partial charge in [0.15, 0.2) is 0 Å². The number of rotatable bonds is 7. The fourth-order valence-corrected chi connectivity index (χ4v) is 3.43. The summed E-state index contributed by atoms with van der Waals surface area (Å²) < 4.78 is 1.41. The molecule has 2 amide bonds. The zero-order valence-corrected chi connectivity index (χ0v) is 17.1. The molecule has 3 aromatic rings. The van der Waals surface area contributed by atoms with Gasteiger partial charge >= 0.3 is 0 Å². The number of hydrogen-bond donors (Lipinski definition) is 2. The Morgan fingerprint density at radius 3 is 2.66 bits per heavy atom. The zero-order chi connectivity index (χ0) is 20.8. The Balaban J connectivity index is 1.90. The fourth-order valence-electron chi connectivity index (χ4n) is 2.97. The zero-order valence-electron chi connectivity index (χ0n) is 16.3. The maximum absolute atomic E-state index is 13.0. The number of thioether (sulfide) groups is 1. The number of aryl methyl sites for hydroxylation is 1. The molecule has 0 spiro atoms. The van der Waals surface area contributed by atoms with E-state index in [0.717, 1.165) is 4.90 Å². The van der Waals surface area contributed by atoms with Crippen LogP contribution >= 0.6 is 11.8 Å². The summed E-state index contributed by atoms with van der Waals surface area (Å²) in [6.45, 7) is -0.141. The molecule has 0 unspecified atom stereocenters. The van der Waals surface area contributed by atoms with Crippen molar-refractivity contribution in [2.24, 2.45) is 0 Å². The van der Waals surface area contributed by atoms with E-state index in [1.54, 1.807) is 43.1 Å². The second kappa shape index (κ2) is 9.38. The molecule has 0 aliphatic heterocycles. The normalized spacial score (nSPS) is 10.7. The average Bonchev–Trinajstić information content (AvgIpc) is 2.74. The number of aromatic nitrogens is 2. The van der Waals surface area contributed by atoms with Gasteiger partial charge in [0.2, 0.25) is 11.8 Å². The van der Waals surface area contributed by atoms with Crippen LogP contribution in [0.4, 0.5) is 5.69 Å². The molecule has 0 saturated heterocycles. The highest BCUT2D eigenvalue weighted by atomic mass is 32.2. The topological polar surface area (TPSA) is 93.1 Å². The van der Waals surface area contributed by atoms with E-state index in [1.165, 1.54) is 4.57 Å². The minimum atomic E-state index is -0.361. The first-order valence-electron chi connectivity index (χ1n) is 9.14. The number of carbonyl (C=O) groups is 2. The van der Waals surface area contributed by atoms with Crippen LogP contribution in [0, 0.1) is 0 Å². The fraction of sp³-hybridized carbons (Fsp3) is 0.238. The van der Waals surface area contributed by atoms with Gasteiger partial charge in [-0.1, -0.05) is 18.2 Å². The van der Waals surface area contributed by atoms with E-state index >= 15 is 0 Å². The molecule has 0 saturated carbocycles. The van der Waals surface area contributed by atoms with Gasteiger partial charge in [0.05, 0.1) is 11.0 Å². The predicted molar refractivity (Wildman–Crippen MR) is 115 cm³/mol. The first-order valence-corrected chi connectivity index (χ1v) is 10.4. The van der Waals surface area contributed by atoms with Crippen LogP contribution in [0.15, 0.2) is 58.2 Å². The van der Waals surface area contributed by atoms with Gasteiger partial charge in [-0.3, -0.25) is 19.0 Å². The molecule has 1 aromatic heterocycles. The molecule has 150 valence electrons. The van der Waals surface area contributed by atoms with Gasteiger partial charge < -0.3 is 10.6 Å². The molecular formula is C21H22N4O3S. The van der Waals surface area contributed by atoms with Gasteiger partial charge in [0, 0.05) is 30.5 Å². The lowest BCUT2D eigenvalue weighted by Crippen LogP contribution is -2.31. The lowest BCUT2D eigenvalue weighted by Gasteiger charge is -2.13. The molecule has 0 radical (unpaired) electrons. The Morgan fingerprint density at radius 2 is 1.90 bits per heavy atom. The second-order valence-corrected chi connectivity index (χ2v) is 7.27. The maximum atomic E-state index is 13.0. The smallest absolute Gasteiger partial charge is 0.273 e. The first kappa shape index (κ1) is 20.6. The predicted octanol–water partition coefficient (Wildman–Crippen LogP) is 2.44. The molecule has 8 heteroatoms. The summed E-state index contributed by atoms with van der Waals surface area (Å²) in [5.41, 5.74) is 1.77. The van der Waals surface area contributed by atoms with Crippen molar-refractivity contribution in [3.63, 3.8) is 0 Å².